The van der Waals surface area contributed by atoms with Gasteiger partial charge < -0.3 is 10.1 Å². The summed E-state index contributed by atoms with van der Waals surface area (Å²) in [5.41, 5.74) is 0.00499. The largest absolute Gasteiger partial charge is 0.497 e. The van der Waals surface area contributed by atoms with Crippen LogP contribution in [0.2, 0.25) is 5.02 Å². The van der Waals surface area contributed by atoms with Gasteiger partial charge in [-0.05, 0) is 35.9 Å². The van der Waals surface area contributed by atoms with Gasteiger partial charge in [0.2, 0.25) is 0 Å². The van der Waals surface area contributed by atoms with Crippen LogP contribution in [0.1, 0.15) is 5.56 Å². The van der Waals surface area contributed by atoms with Crippen molar-refractivity contribution < 1.29 is 14.5 Å². The van der Waals surface area contributed by atoms with Crippen LogP contribution < -0.4 is 10.1 Å². The van der Waals surface area contributed by atoms with E-state index >= 15 is 0 Å². The minimum Gasteiger partial charge on any atom is -0.497 e. The average molecular weight is 358 g/mol. The Balaban J connectivity index is 2.27. The van der Waals surface area contributed by atoms with Gasteiger partial charge in [-0.25, -0.2) is 0 Å². The van der Waals surface area contributed by atoms with Gasteiger partial charge >= 0.3 is 0 Å². The lowest BCUT2D eigenvalue weighted by Gasteiger charge is -2.06. The van der Waals surface area contributed by atoms with Crippen LogP contribution in [0.5, 0.6) is 5.75 Å². The molecular weight excluding hydrogens is 346 g/mol. The summed E-state index contributed by atoms with van der Waals surface area (Å²) in [4.78, 5) is 22.6. The summed E-state index contributed by atoms with van der Waals surface area (Å²) >= 11 is 5.73. The molecule has 1 N–H and O–H groups in total. The fraction of sp³-hybridized carbons (Fsp3) is 0.0588. The van der Waals surface area contributed by atoms with E-state index < -0.39 is 10.8 Å². The van der Waals surface area contributed by atoms with Crippen molar-refractivity contribution in [2.75, 3.05) is 12.4 Å². The quantitative estimate of drug-likeness (QED) is 0.379. The van der Waals surface area contributed by atoms with Gasteiger partial charge in [0.25, 0.3) is 11.6 Å². The van der Waals surface area contributed by atoms with Gasteiger partial charge in [-0.2, -0.15) is 5.26 Å². The normalized spacial score (nSPS) is 10.7. The molecule has 0 aliphatic heterocycles. The SMILES string of the molecule is COc1ccc(C=C(C#N)C(=O)Nc2ccc(Cl)cc2[N+](=O)[O-])cc1. The number of nitro benzene ring substituents is 1. The predicted octanol–water partition coefficient (Wildman–Crippen LogP) is 3.80. The number of halogens is 1. The molecule has 1 amide bonds. The van der Waals surface area contributed by atoms with E-state index in [-0.39, 0.29) is 22.0 Å². The zero-order valence-corrected chi connectivity index (χ0v) is 13.8. The lowest BCUT2D eigenvalue weighted by atomic mass is 10.1. The van der Waals surface area contributed by atoms with Crippen molar-refractivity contribution in [1.29, 1.82) is 5.26 Å². The first-order chi connectivity index (χ1) is 11.9. The number of methoxy groups -OCH3 is 1. The second-order valence-corrected chi connectivity index (χ2v) is 5.25. The first kappa shape index (κ1) is 18.0. The highest BCUT2D eigenvalue weighted by Crippen LogP contribution is 2.28. The van der Waals surface area contributed by atoms with E-state index in [9.17, 15) is 20.2 Å². The zero-order valence-electron chi connectivity index (χ0n) is 13.0. The lowest BCUT2D eigenvalue weighted by molar-refractivity contribution is -0.383. The van der Waals surface area contributed by atoms with Crippen LogP contribution in [0.3, 0.4) is 0 Å². The van der Waals surface area contributed by atoms with Gasteiger partial charge in [0, 0.05) is 11.1 Å². The third-order valence-corrected chi connectivity index (χ3v) is 3.43. The molecule has 0 fully saturated rings. The first-order valence-electron chi connectivity index (χ1n) is 6.95. The Hall–Kier alpha value is -3.37. The van der Waals surface area contributed by atoms with Crippen LogP contribution in [0, 0.1) is 21.4 Å². The second kappa shape index (κ2) is 7.95. The standard InChI is InChI=1S/C17H12ClN3O4/c1-25-14-5-2-11(3-6-14)8-12(10-19)17(22)20-15-7-4-13(18)9-16(15)21(23)24/h2-9H,1H3,(H,20,22). The molecule has 0 bridgehead atoms. The Morgan fingerprint density at radius 1 is 1.32 bits per heavy atom. The summed E-state index contributed by atoms with van der Waals surface area (Å²) in [5.74, 6) is -0.124. The highest BCUT2D eigenvalue weighted by atomic mass is 35.5. The number of hydrogen-bond donors (Lipinski definition) is 1. The summed E-state index contributed by atoms with van der Waals surface area (Å²) < 4.78 is 5.03. The summed E-state index contributed by atoms with van der Waals surface area (Å²) in [5, 5.41) is 22.8. The number of anilines is 1. The Bertz CT molecular complexity index is 886. The highest BCUT2D eigenvalue weighted by molar-refractivity contribution is 6.31. The number of carbonyl (C=O) groups is 1. The smallest absolute Gasteiger partial charge is 0.294 e. The third kappa shape index (κ3) is 4.56. The van der Waals surface area contributed by atoms with E-state index in [1.807, 2.05) is 0 Å². The van der Waals surface area contributed by atoms with Crippen molar-refractivity contribution in [3.8, 4) is 11.8 Å². The number of nitro groups is 1. The van der Waals surface area contributed by atoms with Crippen LogP contribution in [-0.4, -0.2) is 17.9 Å². The maximum atomic E-state index is 12.2. The van der Waals surface area contributed by atoms with Crippen LogP contribution in [0.25, 0.3) is 6.08 Å². The molecule has 0 atom stereocenters. The summed E-state index contributed by atoms with van der Waals surface area (Å²) in [6, 6.07) is 12.3. The van der Waals surface area contributed by atoms with Crippen molar-refractivity contribution in [2.24, 2.45) is 0 Å². The molecule has 126 valence electrons. The fourth-order valence-electron chi connectivity index (χ4n) is 1.97. The second-order valence-electron chi connectivity index (χ2n) is 4.82. The Labute approximate surface area is 148 Å². The molecule has 0 aromatic heterocycles. The molecule has 8 heteroatoms. The molecule has 0 aliphatic carbocycles. The number of hydrogen-bond acceptors (Lipinski definition) is 5. The van der Waals surface area contributed by atoms with Crippen molar-refractivity contribution in [3.63, 3.8) is 0 Å². The maximum absolute atomic E-state index is 12.2. The fourth-order valence-corrected chi connectivity index (χ4v) is 2.13. The zero-order chi connectivity index (χ0) is 18.4. The van der Waals surface area contributed by atoms with E-state index in [1.165, 1.54) is 25.3 Å². The molecule has 0 heterocycles. The summed E-state index contributed by atoms with van der Waals surface area (Å²) in [6.45, 7) is 0. The molecule has 2 rings (SSSR count). The van der Waals surface area contributed by atoms with E-state index in [0.29, 0.717) is 11.3 Å². The van der Waals surface area contributed by atoms with Crippen LogP contribution in [-0.2, 0) is 4.79 Å². The number of ether oxygens (including phenoxy) is 1. The van der Waals surface area contributed by atoms with Crippen LogP contribution >= 0.6 is 11.6 Å². The summed E-state index contributed by atoms with van der Waals surface area (Å²) in [7, 11) is 1.53. The first-order valence-corrected chi connectivity index (χ1v) is 7.33. The van der Waals surface area contributed by atoms with Crippen molar-refractivity contribution in [2.45, 2.75) is 0 Å². The van der Waals surface area contributed by atoms with Gasteiger partial charge in [-0.1, -0.05) is 23.7 Å². The van der Waals surface area contributed by atoms with E-state index in [1.54, 1.807) is 30.3 Å². The van der Waals surface area contributed by atoms with Crippen molar-refractivity contribution in [1.82, 2.24) is 0 Å². The van der Waals surface area contributed by atoms with Gasteiger partial charge in [-0.15, -0.1) is 0 Å². The lowest BCUT2D eigenvalue weighted by Crippen LogP contribution is -2.14. The topological polar surface area (TPSA) is 105 Å². The predicted molar refractivity (Wildman–Crippen MR) is 93.3 cm³/mol. The molecule has 2 aromatic rings. The molecule has 0 saturated carbocycles. The molecular formula is C17H12ClN3O4. The maximum Gasteiger partial charge on any atom is 0.294 e. The summed E-state index contributed by atoms with van der Waals surface area (Å²) in [6.07, 6.45) is 1.37. The molecule has 7 nitrogen and oxygen atoms in total. The number of benzene rings is 2. The average Bonchev–Trinajstić information content (AvgIpc) is 2.61. The van der Waals surface area contributed by atoms with Crippen LogP contribution in [0.4, 0.5) is 11.4 Å². The number of nitriles is 1. The highest BCUT2D eigenvalue weighted by Gasteiger charge is 2.18. The number of nitrogens with one attached hydrogen (secondary N) is 1. The molecule has 0 unspecified atom stereocenters. The van der Waals surface area contributed by atoms with Gasteiger partial charge in [0.15, 0.2) is 0 Å². The van der Waals surface area contributed by atoms with E-state index in [0.717, 1.165) is 6.07 Å². The van der Waals surface area contributed by atoms with E-state index in [4.69, 9.17) is 16.3 Å². The molecule has 0 saturated heterocycles. The van der Waals surface area contributed by atoms with Crippen LogP contribution in [0.15, 0.2) is 48.0 Å². The molecule has 0 aliphatic rings. The Morgan fingerprint density at radius 3 is 2.56 bits per heavy atom. The van der Waals surface area contributed by atoms with Gasteiger partial charge in [0.05, 0.1) is 12.0 Å². The molecule has 0 spiro atoms. The number of rotatable bonds is 5. The van der Waals surface area contributed by atoms with Gasteiger partial charge in [0.1, 0.15) is 23.1 Å². The third-order valence-electron chi connectivity index (χ3n) is 3.20. The van der Waals surface area contributed by atoms with Crippen molar-refractivity contribution in [3.05, 3.63) is 68.7 Å². The Kier molecular flexibility index (Phi) is 5.71. The monoisotopic (exact) mass is 357 g/mol. The van der Waals surface area contributed by atoms with Crippen molar-refractivity contribution >= 4 is 35.0 Å². The number of amides is 1. The molecule has 2 aromatic carbocycles. The van der Waals surface area contributed by atoms with Gasteiger partial charge in [-0.3, -0.25) is 14.9 Å². The number of carbonyl (C=O) groups excluding carboxylic acids is 1. The molecule has 25 heavy (non-hydrogen) atoms. The molecule has 0 radical (unpaired) electrons. The Morgan fingerprint density at radius 2 is 2.00 bits per heavy atom. The minimum absolute atomic E-state index is 0.0460. The number of nitrogens with zero attached hydrogens (tertiary/aromatic N) is 2. The van der Waals surface area contributed by atoms with E-state index in [2.05, 4.69) is 5.32 Å². The minimum atomic E-state index is -0.760.